The fourth-order valence-corrected chi connectivity index (χ4v) is 4.57. The third kappa shape index (κ3) is 3.76. The van der Waals surface area contributed by atoms with Crippen LogP contribution in [0.4, 0.5) is 0 Å². The van der Waals surface area contributed by atoms with E-state index in [1.807, 2.05) is 42.5 Å². The lowest BCUT2D eigenvalue weighted by Gasteiger charge is -2.44. The van der Waals surface area contributed by atoms with Crippen LogP contribution < -0.4 is 0 Å². The number of hydrogen-bond acceptors (Lipinski definition) is 2. The Morgan fingerprint density at radius 2 is 1.04 bits per heavy atom. The molecule has 0 saturated carbocycles. The lowest BCUT2D eigenvalue weighted by atomic mass is 9.76. The summed E-state index contributed by atoms with van der Waals surface area (Å²) in [6, 6.07) is 30.7. The summed E-state index contributed by atoms with van der Waals surface area (Å²) in [6.45, 7) is 2.03. The molecular formula is C26H29NO. The van der Waals surface area contributed by atoms with Gasteiger partial charge in [0.05, 0.1) is 6.04 Å². The van der Waals surface area contributed by atoms with Gasteiger partial charge < -0.3 is 5.11 Å². The number of benzene rings is 3. The zero-order valence-electron chi connectivity index (χ0n) is 16.4. The van der Waals surface area contributed by atoms with Crippen LogP contribution in [0.5, 0.6) is 0 Å². The average molecular weight is 372 g/mol. The fourth-order valence-electron chi connectivity index (χ4n) is 4.57. The third-order valence-corrected chi connectivity index (χ3v) is 5.94. The molecule has 1 aliphatic heterocycles. The van der Waals surface area contributed by atoms with Gasteiger partial charge in [-0.1, -0.05) is 104 Å². The monoisotopic (exact) mass is 371 g/mol. The summed E-state index contributed by atoms with van der Waals surface area (Å²) in [5.41, 5.74) is 1.94. The van der Waals surface area contributed by atoms with E-state index in [4.69, 9.17) is 0 Å². The summed E-state index contributed by atoms with van der Waals surface area (Å²) in [7, 11) is 0. The standard InChI is InChI=1S/C26H29NO/c28-26(23-16-8-4-9-17-23,24-18-10-5-11-19-24)25(22-14-6-3-7-15-22)27-20-12-1-2-13-21-27/h3-11,14-19,25,28H,1-2,12-13,20-21H2/t25-/m1/s1. The molecule has 1 fully saturated rings. The van der Waals surface area contributed by atoms with Crippen molar-refractivity contribution >= 4 is 0 Å². The summed E-state index contributed by atoms with van der Waals surface area (Å²) in [6.07, 6.45) is 4.91. The molecule has 2 nitrogen and oxygen atoms in total. The minimum Gasteiger partial charge on any atom is -0.378 e. The first kappa shape index (κ1) is 18.9. The largest absolute Gasteiger partial charge is 0.378 e. The average Bonchev–Trinajstić information content (AvgIpc) is 3.05. The van der Waals surface area contributed by atoms with E-state index >= 15 is 0 Å². The van der Waals surface area contributed by atoms with Crippen LogP contribution in [0, 0.1) is 0 Å². The van der Waals surface area contributed by atoms with E-state index in [1.165, 1.54) is 31.2 Å². The maximum atomic E-state index is 12.5. The van der Waals surface area contributed by atoms with Gasteiger partial charge in [0.15, 0.2) is 0 Å². The molecule has 1 aliphatic rings. The second-order valence-corrected chi connectivity index (χ2v) is 7.76. The van der Waals surface area contributed by atoms with Crippen LogP contribution in [-0.2, 0) is 5.60 Å². The van der Waals surface area contributed by atoms with Crippen molar-refractivity contribution in [2.75, 3.05) is 13.1 Å². The minimum atomic E-state index is -1.12. The quantitative estimate of drug-likeness (QED) is 0.636. The van der Waals surface area contributed by atoms with E-state index in [9.17, 15) is 5.11 Å². The highest BCUT2D eigenvalue weighted by Crippen LogP contribution is 2.45. The molecule has 1 saturated heterocycles. The van der Waals surface area contributed by atoms with Crippen molar-refractivity contribution in [1.82, 2.24) is 4.90 Å². The molecule has 0 unspecified atom stereocenters. The highest BCUT2D eigenvalue weighted by molar-refractivity contribution is 5.41. The van der Waals surface area contributed by atoms with E-state index < -0.39 is 5.60 Å². The molecule has 28 heavy (non-hydrogen) atoms. The van der Waals surface area contributed by atoms with E-state index in [-0.39, 0.29) is 6.04 Å². The molecular weight excluding hydrogens is 342 g/mol. The Bertz CT molecular complexity index is 800. The van der Waals surface area contributed by atoms with Gasteiger partial charge in [0.25, 0.3) is 0 Å². The van der Waals surface area contributed by atoms with E-state index in [0.29, 0.717) is 0 Å². The first-order valence-electron chi connectivity index (χ1n) is 10.4. The Morgan fingerprint density at radius 1 is 0.607 bits per heavy atom. The maximum Gasteiger partial charge on any atom is 0.134 e. The highest BCUT2D eigenvalue weighted by Gasteiger charge is 2.44. The molecule has 0 bridgehead atoms. The van der Waals surface area contributed by atoms with Crippen molar-refractivity contribution in [2.24, 2.45) is 0 Å². The van der Waals surface area contributed by atoms with Gasteiger partial charge in [0.2, 0.25) is 0 Å². The summed E-state index contributed by atoms with van der Waals surface area (Å²) in [5.74, 6) is 0. The fraction of sp³-hybridized carbons (Fsp3) is 0.308. The second-order valence-electron chi connectivity index (χ2n) is 7.76. The van der Waals surface area contributed by atoms with Gasteiger partial charge in [0.1, 0.15) is 5.60 Å². The van der Waals surface area contributed by atoms with Crippen molar-refractivity contribution in [2.45, 2.75) is 37.3 Å². The maximum absolute atomic E-state index is 12.5. The predicted molar refractivity (Wildman–Crippen MR) is 115 cm³/mol. The molecule has 0 aromatic heterocycles. The number of rotatable bonds is 5. The van der Waals surface area contributed by atoms with Gasteiger partial charge in [-0.2, -0.15) is 0 Å². The third-order valence-electron chi connectivity index (χ3n) is 5.94. The number of likely N-dealkylation sites (tertiary alicyclic amines) is 1. The van der Waals surface area contributed by atoms with E-state index in [1.54, 1.807) is 0 Å². The molecule has 144 valence electrons. The molecule has 2 heteroatoms. The van der Waals surface area contributed by atoms with Crippen LogP contribution >= 0.6 is 0 Å². The SMILES string of the molecule is OC(c1ccccc1)(c1ccccc1)[C@@H](c1ccccc1)N1CCCCCC1. The van der Waals surface area contributed by atoms with Crippen LogP contribution in [0.15, 0.2) is 91.0 Å². The van der Waals surface area contributed by atoms with Crippen molar-refractivity contribution < 1.29 is 5.11 Å². The van der Waals surface area contributed by atoms with Gasteiger partial charge in [-0.15, -0.1) is 0 Å². The van der Waals surface area contributed by atoms with Crippen molar-refractivity contribution in [1.29, 1.82) is 0 Å². The first-order chi connectivity index (χ1) is 13.8. The van der Waals surface area contributed by atoms with Gasteiger partial charge in [-0.25, -0.2) is 0 Å². The topological polar surface area (TPSA) is 23.5 Å². The van der Waals surface area contributed by atoms with Crippen molar-refractivity contribution in [3.05, 3.63) is 108 Å². The van der Waals surface area contributed by atoms with Gasteiger partial charge in [-0.05, 0) is 42.6 Å². The van der Waals surface area contributed by atoms with Gasteiger partial charge in [0, 0.05) is 0 Å². The Morgan fingerprint density at radius 3 is 1.50 bits per heavy atom. The number of aliphatic hydroxyl groups is 1. The molecule has 0 aliphatic carbocycles. The lowest BCUT2D eigenvalue weighted by Crippen LogP contribution is -2.45. The number of hydrogen-bond donors (Lipinski definition) is 1. The van der Waals surface area contributed by atoms with Crippen LogP contribution in [0.25, 0.3) is 0 Å². The van der Waals surface area contributed by atoms with E-state index in [0.717, 1.165) is 24.2 Å². The molecule has 0 amide bonds. The number of nitrogens with zero attached hydrogens (tertiary/aromatic N) is 1. The van der Waals surface area contributed by atoms with Crippen LogP contribution in [0.1, 0.15) is 48.4 Å². The molecule has 3 aromatic carbocycles. The van der Waals surface area contributed by atoms with Crippen LogP contribution in [0.2, 0.25) is 0 Å². The molecule has 0 spiro atoms. The zero-order valence-corrected chi connectivity index (χ0v) is 16.4. The van der Waals surface area contributed by atoms with Gasteiger partial charge in [-0.3, -0.25) is 4.90 Å². The molecule has 4 rings (SSSR count). The summed E-state index contributed by atoms with van der Waals surface area (Å²) >= 11 is 0. The Hall–Kier alpha value is -2.42. The van der Waals surface area contributed by atoms with Crippen molar-refractivity contribution in [3.63, 3.8) is 0 Å². The zero-order chi connectivity index (χ0) is 19.2. The van der Waals surface area contributed by atoms with Crippen LogP contribution in [0.3, 0.4) is 0 Å². The van der Waals surface area contributed by atoms with E-state index in [2.05, 4.69) is 53.4 Å². The molecule has 3 aromatic rings. The summed E-state index contributed by atoms with van der Waals surface area (Å²) < 4.78 is 0. The minimum absolute atomic E-state index is 0.128. The molecule has 1 atom stereocenters. The normalized spacial score (nSPS) is 17.0. The Labute approximate surface area is 168 Å². The van der Waals surface area contributed by atoms with Crippen molar-refractivity contribution in [3.8, 4) is 0 Å². The van der Waals surface area contributed by atoms with Crippen LogP contribution in [-0.4, -0.2) is 23.1 Å². The highest BCUT2D eigenvalue weighted by atomic mass is 16.3. The second kappa shape index (κ2) is 8.72. The summed E-state index contributed by atoms with van der Waals surface area (Å²) in [4.78, 5) is 2.50. The molecule has 1 heterocycles. The smallest absolute Gasteiger partial charge is 0.134 e. The predicted octanol–water partition coefficient (Wildman–Crippen LogP) is 5.54. The molecule has 1 N–H and O–H groups in total. The Balaban J connectivity index is 1.91. The Kier molecular flexibility index (Phi) is 5.90. The first-order valence-corrected chi connectivity index (χ1v) is 10.4. The lowest BCUT2D eigenvalue weighted by molar-refractivity contribution is -0.0224. The molecule has 0 radical (unpaired) electrons. The summed E-state index contributed by atoms with van der Waals surface area (Å²) in [5, 5.41) is 12.5. The van der Waals surface area contributed by atoms with Gasteiger partial charge >= 0.3 is 0 Å².